The van der Waals surface area contributed by atoms with Gasteiger partial charge in [-0.25, -0.2) is 0 Å². The van der Waals surface area contributed by atoms with Crippen LogP contribution >= 0.6 is 0 Å². The van der Waals surface area contributed by atoms with Gasteiger partial charge in [0, 0.05) is 6.04 Å². The highest BCUT2D eigenvalue weighted by atomic mass is 14.9. The standard InChI is InChI=1S/C20H35N/c1-6-9-10-18(8-3)15-20(21-13-7-2)19-12-11-16(4)14-17(19)5/h11-12,14,18,20-21H,6-10,13,15H2,1-5H3. The van der Waals surface area contributed by atoms with E-state index in [1.54, 1.807) is 0 Å². The molecule has 1 heteroatoms. The van der Waals surface area contributed by atoms with Crippen LogP contribution in [0.4, 0.5) is 0 Å². The number of aryl methyl sites for hydroxylation is 2. The van der Waals surface area contributed by atoms with Gasteiger partial charge < -0.3 is 5.32 Å². The third kappa shape index (κ3) is 6.22. The highest BCUT2D eigenvalue weighted by molar-refractivity contribution is 5.32. The molecule has 1 rings (SSSR count). The first-order valence-corrected chi connectivity index (χ1v) is 8.92. The van der Waals surface area contributed by atoms with Crippen LogP contribution < -0.4 is 5.32 Å². The highest BCUT2D eigenvalue weighted by Gasteiger charge is 2.18. The summed E-state index contributed by atoms with van der Waals surface area (Å²) in [5, 5.41) is 3.79. The van der Waals surface area contributed by atoms with Gasteiger partial charge in [0.2, 0.25) is 0 Å². The van der Waals surface area contributed by atoms with Crippen LogP contribution in [0, 0.1) is 19.8 Å². The Hall–Kier alpha value is -0.820. The van der Waals surface area contributed by atoms with Crippen LogP contribution in [0.3, 0.4) is 0 Å². The Kier molecular flexibility index (Phi) is 8.68. The number of benzene rings is 1. The molecule has 0 bridgehead atoms. The molecule has 0 aliphatic heterocycles. The van der Waals surface area contributed by atoms with Crippen molar-refractivity contribution in [2.75, 3.05) is 6.54 Å². The Balaban J connectivity index is 2.83. The van der Waals surface area contributed by atoms with Crippen LogP contribution in [0.15, 0.2) is 18.2 Å². The highest BCUT2D eigenvalue weighted by Crippen LogP contribution is 2.29. The summed E-state index contributed by atoms with van der Waals surface area (Å²) >= 11 is 0. The second kappa shape index (κ2) is 10.00. The predicted molar refractivity (Wildman–Crippen MR) is 94.9 cm³/mol. The first-order chi connectivity index (χ1) is 10.1. The zero-order valence-electron chi connectivity index (χ0n) is 14.8. The molecule has 1 aromatic rings. The Labute approximate surface area is 132 Å². The average Bonchev–Trinajstić information content (AvgIpc) is 2.47. The van der Waals surface area contributed by atoms with Gasteiger partial charge in [-0.1, -0.05) is 70.2 Å². The summed E-state index contributed by atoms with van der Waals surface area (Å²) in [6, 6.07) is 7.44. The Morgan fingerprint density at radius 2 is 1.81 bits per heavy atom. The van der Waals surface area contributed by atoms with E-state index in [2.05, 4.69) is 58.1 Å². The second-order valence-corrected chi connectivity index (χ2v) is 6.52. The number of hydrogen-bond acceptors (Lipinski definition) is 1. The number of nitrogens with one attached hydrogen (secondary N) is 1. The second-order valence-electron chi connectivity index (χ2n) is 6.52. The van der Waals surface area contributed by atoms with Gasteiger partial charge in [0.25, 0.3) is 0 Å². The molecular formula is C20H35N. The van der Waals surface area contributed by atoms with Crippen molar-refractivity contribution in [3.8, 4) is 0 Å². The Morgan fingerprint density at radius 1 is 1.05 bits per heavy atom. The molecule has 1 aromatic carbocycles. The molecule has 0 radical (unpaired) electrons. The topological polar surface area (TPSA) is 12.0 Å². The summed E-state index contributed by atoms with van der Waals surface area (Å²) in [5.41, 5.74) is 4.31. The van der Waals surface area contributed by atoms with E-state index >= 15 is 0 Å². The maximum Gasteiger partial charge on any atom is 0.0325 e. The van der Waals surface area contributed by atoms with Crippen LogP contribution in [0.2, 0.25) is 0 Å². The first-order valence-electron chi connectivity index (χ1n) is 8.92. The van der Waals surface area contributed by atoms with Gasteiger partial charge >= 0.3 is 0 Å². The summed E-state index contributed by atoms with van der Waals surface area (Å²) in [5.74, 6) is 0.847. The lowest BCUT2D eigenvalue weighted by molar-refractivity contribution is 0.353. The molecule has 0 heterocycles. The summed E-state index contributed by atoms with van der Waals surface area (Å²) in [6.07, 6.45) is 7.84. The van der Waals surface area contributed by atoms with Gasteiger partial charge in [-0.15, -0.1) is 0 Å². The van der Waals surface area contributed by atoms with Gasteiger partial charge in [0.05, 0.1) is 0 Å². The van der Waals surface area contributed by atoms with Crippen molar-refractivity contribution in [1.29, 1.82) is 0 Å². The predicted octanol–water partition coefficient (Wildman–Crippen LogP) is 5.95. The van der Waals surface area contributed by atoms with E-state index in [0.717, 1.165) is 12.5 Å². The summed E-state index contributed by atoms with van der Waals surface area (Å²) in [7, 11) is 0. The minimum Gasteiger partial charge on any atom is -0.310 e. The molecule has 120 valence electrons. The summed E-state index contributed by atoms with van der Waals surface area (Å²) in [4.78, 5) is 0. The van der Waals surface area contributed by atoms with Crippen LogP contribution in [0.25, 0.3) is 0 Å². The largest absolute Gasteiger partial charge is 0.310 e. The molecule has 1 nitrogen and oxygen atoms in total. The molecule has 0 aliphatic carbocycles. The van der Waals surface area contributed by atoms with Crippen LogP contribution in [0.5, 0.6) is 0 Å². The summed E-state index contributed by atoms with van der Waals surface area (Å²) in [6.45, 7) is 12.4. The molecule has 0 aliphatic rings. The quantitative estimate of drug-likeness (QED) is 0.561. The SMILES string of the molecule is CCCCC(CC)CC(NCCC)c1ccc(C)cc1C. The Morgan fingerprint density at radius 3 is 2.38 bits per heavy atom. The molecule has 0 saturated carbocycles. The van der Waals surface area contributed by atoms with E-state index in [4.69, 9.17) is 0 Å². The number of unbranched alkanes of at least 4 members (excludes halogenated alkanes) is 1. The van der Waals surface area contributed by atoms with E-state index in [9.17, 15) is 0 Å². The first kappa shape index (κ1) is 18.2. The number of rotatable bonds is 10. The maximum absolute atomic E-state index is 3.79. The molecule has 0 aromatic heterocycles. The van der Waals surface area contributed by atoms with Crippen molar-refractivity contribution in [3.05, 3.63) is 34.9 Å². The van der Waals surface area contributed by atoms with E-state index in [0.29, 0.717) is 6.04 Å². The lowest BCUT2D eigenvalue weighted by atomic mass is 9.87. The lowest BCUT2D eigenvalue weighted by Gasteiger charge is -2.26. The van der Waals surface area contributed by atoms with Crippen molar-refractivity contribution in [2.24, 2.45) is 5.92 Å². The average molecular weight is 290 g/mol. The smallest absolute Gasteiger partial charge is 0.0325 e. The molecule has 2 unspecified atom stereocenters. The van der Waals surface area contributed by atoms with Crippen molar-refractivity contribution in [3.63, 3.8) is 0 Å². The normalized spacial score (nSPS) is 14.1. The minimum absolute atomic E-state index is 0.521. The zero-order valence-corrected chi connectivity index (χ0v) is 14.8. The van der Waals surface area contributed by atoms with Crippen molar-refractivity contribution < 1.29 is 0 Å². The fraction of sp³-hybridized carbons (Fsp3) is 0.700. The number of hydrogen-bond donors (Lipinski definition) is 1. The van der Waals surface area contributed by atoms with Gasteiger partial charge in [-0.2, -0.15) is 0 Å². The molecular weight excluding hydrogens is 254 g/mol. The molecule has 1 N–H and O–H groups in total. The maximum atomic E-state index is 3.79. The fourth-order valence-corrected chi connectivity index (χ4v) is 3.17. The molecule has 2 atom stereocenters. The van der Waals surface area contributed by atoms with Crippen molar-refractivity contribution >= 4 is 0 Å². The molecule has 0 amide bonds. The molecule has 0 spiro atoms. The lowest BCUT2D eigenvalue weighted by Crippen LogP contribution is -2.25. The Bertz CT molecular complexity index is 397. The molecule has 0 saturated heterocycles. The van der Waals surface area contributed by atoms with Gasteiger partial charge in [0.1, 0.15) is 0 Å². The zero-order chi connectivity index (χ0) is 15.7. The third-order valence-electron chi connectivity index (χ3n) is 4.55. The van der Waals surface area contributed by atoms with Gasteiger partial charge in [0.15, 0.2) is 0 Å². The van der Waals surface area contributed by atoms with Gasteiger partial charge in [-0.05, 0) is 50.3 Å². The van der Waals surface area contributed by atoms with E-state index < -0.39 is 0 Å². The summed E-state index contributed by atoms with van der Waals surface area (Å²) < 4.78 is 0. The molecule has 0 fully saturated rings. The van der Waals surface area contributed by atoms with Crippen molar-refractivity contribution in [1.82, 2.24) is 5.32 Å². The van der Waals surface area contributed by atoms with E-state index in [1.807, 2.05) is 0 Å². The van der Waals surface area contributed by atoms with E-state index in [1.165, 1.54) is 55.2 Å². The monoisotopic (exact) mass is 289 g/mol. The van der Waals surface area contributed by atoms with Crippen LogP contribution in [-0.4, -0.2) is 6.54 Å². The fourth-order valence-electron chi connectivity index (χ4n) is 3.17. The minimum atomic E-state index is 0.521. The van der Waals surface area contributed by atoms with Crippen molar-refractivity contribution in [2.45, 2.75) is 79.2 Å². The van der Waals surface area contributed by atoms with Gasteiger partial charge in [-0.3, -0.25) is 0 Å². The third-order valence-corrected chi connectivity index (χ3v) is 4.55. The van der Waals surface area contributed by atoms with Crippen LogP contribution in [0.1, 0.15) is 82.0 Å². The van der Waals surface area contributed by atoms with Crippen LogP contribution in [-0.2, 0) is 0 Å². The van der Waals surface area contributed by atoms with E-state index in [-0.39, 0.29) is 0 Å². The molecule has 21 heavy (non-hydrogen) atoms.